The van der Waals surface area contributed by atoms with Gasteiger partial charge in [0.2, 0.25) is 11.6 Å². The van der Waals surface area contributed by atoms with Crippen molar-refractivity contribution in [2.45, 2.75) is 37.8 Å². The monoisotopic (exact) mass is 954 g/mol. The first kappa shape index (κ1) is 50.2. The summed E-state index contributed by atoms with van der Waals surface area (Å²) in [4.78, 5) is 53.4. The van der Waals surface area contributed by atoms with Crippen molar-refractivity contribution in [2.24, 2.45) is 5.41 Å². The van der Waals surface area contributed by atoms with E-state index in [1.54, 1.807) is 48.5 Å². The zero-order valence-electron chi connectivity index (χ0n) is 35.9. The predicted molar refractivity (Wildman–Crippen MR) is 240 cm³/mol. The van der Waals surface area contributed by atoms with Gasteiger partial charge in [0.15, 0.2) is 5.78 Å². The minimum Gasteiger partial charge on any atom is -0.423 e. The molecule has 0 heterocycles. The second-order valence-corrected chi connectivity index (χ2v) is 15.5. The number of aliphatic hydroxyl groups is 2. The van der Waals surface area contributed by atoms with Crippen molar-refractivity contribution in [3.63, 3.8) is 0 Å². The van der Waals surface area contributed by atoms with Crippen LogP contribution in [0, 0.1) is 5.41 Å². The Balaban J connectivity index is 1.20. The number of carbonyl (C=O) groups is 4. The average molecular weight is 955 g/mol. The summed E-state index contributed by atoms with van der Waals surface area (Å²) in [5.74, 6) is -7.70. The van der Waals surface area contributed by atoms with E-state index < -0.39 is 65.4 Å². The molecule has 0 aromatic heterocycles. The molecular formula is C51H40F6N2O10. The largest absolute Gasteiger partial charge is 0.573 e. The van der Waals surface area contributed by atoms with Gasteiger partial charge in [0.05, 0.1) is 11.1 Å². The van der Waals surface area contributed by atoms with Crippen LogP contribution in [0.5, 0.6) is 23.0 Å². The molecule has 6 aromatic rings. The number of alkyl halides is 6. The molecule has 12 nitrogen and oxygen atoms in total. The van der Waals surface area contributed by atoms with Gasteiger partial charge in [0.1, 0.15) is 23.0 Å². The van der Waals surface area contributed by atoms with E-state index in [-0.39, 0.29) is 35.5 Å². The first-order chi connectivity index (χ1) is 32.5. The highest BCUT2D eigenvalue weighted by Gasteiger charge is 2.54. The second-order valence-electron chi connectivity index (χ2n) is 15.5. The van der Waals surface area contributed by atoms with Crippen molar-refractivity contribution in [1.29, 1.82) is 0 Å². The Hall–Kier alpha value is -8.22. The van der Waals surface area contributed by atoms with E-state index in [0.29, 0.717) is 33.6 Å². The minimum absolute atomic E-state index is 0.0420. The Kier molecular flexibility index (Phi) is 15.4. The van der Waals surface area contributed by atoms with Crippen molar-refractivity contribution in [3.8, 4) is 23.0 Å². The fraction of sp³-hybridized carbons (Fsp3) is 0.137. The molecule has 69 heavy (non-hydrogen) atoms. The molecule has 6 rings (SSSR count). The van der Waals surface area contributed by atoms with Gasteiger partial charge in [-0.2, -0.15) is 0 Å². The summed E-state index contributed by atoms with van der Waals surface area (Å²) in [7, 11) is 0. The van der Waals surface area contributed by atoms with Crippen molar-refractivity contribution in [2.75, 3.05) is 11.5 Å². The third kappa shape index (κ3) is 14.4. The maximum Gasteiger partial charge on any atom is 0.573 e. The van der Waals surface area contributed by atoms with Gasteiger partial charge in [-0.3, -0.25) is 9.59 Å². The van der Waals surface area contributed by atoms with E-state index in [9.17, 15) is 55.7 Å². The Labute approximate surface area is 389 Å². The molecule has 0 saturated carbocycles. The van der Waals surface area contributed by atoms with Crippen LogP contribution >= 0.6 is 0 Å². The van der Waals surface area contributed by atoms with E-state index in [1.165, 1.54) is 66.8 Å². The van der Waals surface area contributed by atoms with Crippen LogP contribution in [0.15, 0.2) is 158 Å². The first-order valence-electron chi connectivity index (χ1n) is 20.5. The molecule has 0 saturated heterocycles. The number of rotatable bonds is 18. The normalized spacial score (nSPS) is 12.2. The molecule has 0 bridgehead atoms. The highest BCUT2D eigenvalue weighted by Crippen LogP contribution is 2.43. The number of benzene rings is 6. The van der Waals surface area contributed by atoms with Crippen molar-refractivity contribution >= 4 is 47.0 Å². The van der Waals surface area contributed by atoms with E-state index in [0.717, 1.165) is 54.6 Å². The highest BCUT2D eigenvalue weighted by atomic mass is 19.4. The van der Waals surface area contributed by atoms with Crippen LogP contribution in [0.2, 0.25) is 0 Å². The van der Waals surface area contributed by atoms with Crippen LogP contribution in [0.3, 0.4) is 0 Å². The van der Waals surface area contributed by atoms with Crippen LogP contribution in [0.1, 0.15) is 49.4 Å². The third-order valence-corrected chi connectivity index (χ3v) is 10.4. The second kappa shape index (κ2) is 21.2. The zero-order valence-corrected chi connectivity index (χ0v) is 35.9. The quantitative estimate of drug-likeness (QED) is 0.0159. The highest BCUT2D eigenvalue weighted by molar-refractivity contribution is 6.01. The molecule has 0 fully saturated rings. The molecular weight excluding hydrogens is 915 g/mol. The lowest BCUT2D eigenvalue weighted by molar-refractivity contribution is -0.275. The van der Waals surface area contributed by atoms with E-state index in [2.05, 4.69) is 9.47 Å². The number of carbonyl (C=O) groups excluding carboxylic acids is 4. The topological polar surface area (TPSA) is 198 Å². The molecule has 0 spiro atoms. The number of anilines is 2. The Morgan fingerprint density at radius 1 is 0.478 bits per heavy atom. The molecule has 0 atom stereocenters. The van der Waals surface area contributed by atoms with E-state index in [4.69, 9.17) is 20.9 Å². The molecule has 0 amide bonds. The number of hydrogen-bond donors (Lipinski definition) is 4. The lowest BCUT2D eigenvalue weighted by Crippen LogP contribution is -2.57. The summed E-state index contributed by atoms with van der Waals surface area (Å²) in [5.41, 5.74) is 12.4. The molecule has 0 radical (unpaired) electrons. The number of ketones is 2. The van der Waals surface area contributed by atoms with Crippen LogP contribution in [0.4, 0.5) is 37.7 Å². The van der Waals surface area contributed by atoms with Gasteiger partial charge in [-0.15, -0.1) is 26.3 Å². The smallest absolute Gasteiger partial charge is 0.423 e. The molecule has 0 unspecified atom stereocenters. The Bertz CT molecular complexity index is 2760. The molecule has 6 aromatic carbocycles. The minimum atomic E-state index is -4.91. The van der Waals surface area contributed by atoms with Crippen LogP contribution in [-0.2, 0) is 22.4 Å². The maximum absolute atomic E-state index is 14.1. The van der Waals surface area contributed by atoms with Crippen LogP contribution in [-0.4, -0.2) is 52.2 Å². The number of ether oxygens (including phenoxy) is 4. The third-order valence-electron chi connectivity index (χ3n) is 10.4. The standard InChI is InChI=1S/C51H40F6N2O10/c52-50(53,54)68-43-24-11-36(12-25-43)46(62)66-41-20-6-32(7-21-41)5-19-40(60)31-48(29-34-1-15-38(58)16-2-34,30-35-3-17-39(59)18-4-35)49(64,65)45(61)28-10-33-8-22-42(23-9-33)67-47(63)37-13-26-44(27-14-37)69-51(55,56)57/h1-28,64-65H,29-31,58-59H2. The van der Waals surface area contributed by atoms with E-state index in [1.807, 2.05) is 0 Å². The van der Waals surface area contributed by atoms with Crippen LogP contribution < -0.4 is 30.4 Å². The van der Waals surface area contributed by atoms with Gasteiger partial charge in [0.25, 0.3) is 0 Å². The summed E-state index contributed by atoms with van der Waals surface area (Å²) < 4.78 is 93.3. The summed E-state index contributed by atoms with van der Waals surface area (Å²) >= 11 is 0. The van der Waals surface area contributed by atoms with Gasteiger partial charge < -0.3 is 40.6 Å². The van der Waals surface area contributed by atoms with Gasteiger partial charge in [0, 0.05) is 23.2 Å². The first-order valence-corrected chi connectivity index (χ1v) is 20.5. The number of hydrogen-bond acceptors (Lipinski definition) is 12. The number of nitrogens with two attached hydrogens (primary N) is 2. The molecule has 18 heteroatoms. The van der Waals surface area contributed by atoms with Gasteiger partial charge in [-0.05, 0) is 144 Å². The number of nitrogen functional groups attached to an aromatic ring is 2. The fourth-order valence-electron chi connectivity index (χ4n) is 6.95. The summed E-state index contributed by atoms with van der Waals surface area (Å²) in [6.45, 7) is 0. The molecule has 0 aliphatic heterocycles. The maximum atomic E-state index is 14.1. The number of allylic oxidation sites excluding steroid dienone is 1. The predicted octanol–water partition coefficient (Wildman–Crippen LogP) is 9.49. The number of esters is 2. The molecule has 356 valence electrons. The van der Waals surface area contributed by atoms with Gasteiger partial charge >= 0.3 is 24.7 Å². The molecule has 0 aliphatic rings. The molecule has 6 N–H and O–H groups in total. The van der Waals surface area contributed by atoms with Crippen molar-refractivity contribution < 1.29 is 74.7 Å². The lowest BCUT2D eigenvalue weighted by Gasteiger charge is -2.42. The summed E-state index contributed by atoms with van der Waals surface area (Å²) in [5, 5.41) is 24.2. The summed E-state index contributed by atoms with van der Waals surface area (Å²) in [6, 6.07) is 32.5. The van der Waals surface area contributed by atoms with Gasteiger partial charge in [-0.1, -0.05) is 60.7 Å². The molecule has 0 aliphatic carbocycles. The van der Waals surface area contributed by atoms with Crippen LogP contribution in [0.25, 0.3) is 12.2 Å². The van der Waals surface area contributed by atoms with E-state index >= 15 is 0 Å². The van der Waals surface area contributed by atoms with Gasteiger partial charge in [-0.25, -0.2) is 9.59 Å². The Morgan fingerprint density at radius 3 is 1.19 bits per heavy atom. The zero-order chi connectivity index (χ0) is 50.0. The fourth-order valence-corrected chi connectivity index (χ4v) is 6.95. The van der Waals surface area contributed by atoms with Crippen molar-refractivity contribution in [1.82, 2.24) is 0 Å². The SMILES string of the molecule is Nc1ccc(CC(CC(=O)C=Cc2ccc(OC(=O)c3ccc(OC(F)(F)F)cc3)cc2)(Cc2ccc(N)cc2)C(O)(O)C(=O)C=Cc2ccc(OC(=O)c3ccc(OC(F)(F)F)cc3)cc2)cc1. The average Bonchev–Trinajstić information content (AvgIpc) is 3.29. The number of halogens is 6. The Morgan fingerprint density at radius 2 is 0.826 bits per heavy atom. The lowest BCUT2D eigenvalue weighted by atomic mass is 9.65. The summed E-state index contributed by atoms with van der Waals surface area (Å²) in [6.07, 6.45) is -6.04. The van der Waals surface area contributed by atoms with Crippen molar-refractivity contribution in [3.05, 3.63) is 191 Å².